The molecule has 1 aromatic heterocycles. The number of hydrogen-bond donors (Lipinski definition) is 1. The van der Waals surface area contributed by atoms with Gasteiger partial charge in [-0.05, 0) is 55.4 Å². The summed E-state index contributed by atoms with van der Waals surface area (Å²) in [6.45, 7) is 3.40. The number of nitrogens with zero attached hydrogens (tertiary/aromatic N) is 1. The van der Waals surface area contributed by atoms with E-state index in [9.17, 15) is 24.0 Å². The van der Waals surface area contributed by atoms with Crippen LogP contribution in [-0.4, -0.2) is 53.8 Å². The SMILES string of the molecule is CCOC(=O)c1c(NC(=O)COC(=O)[C@H](Cc2ccccc2)N2C(=O)c3ccccc3C2=O)sc2c1CC[C@H](C)C2. The van der Waals surface area contributed by atoms with Crippen LogP contribution in [0.1, 0.15) is 67.3 Å². The van der Waals surface area contributed by atoms with Crippen LogP contribution in [0.4, 0.5) is 5.00 Å². The Morgan fingerprint density at radius 2 is 1.66 bits per heavy atom. The predicted octanol–water partition coefficient (Wildman–Crippen LogP) is 4.44. The van der Waals surface area contributed by atoms with Gasteiger partial charge < -0.3 is 14.8 Å². The molecule has 3 amide bonds. The minimum atomic E-state index is -1.27. The Bertz CT molecular complexity index is 1480. The van der Waals surface area contributed by atoms with Crippen LogP contribution in [0, 0.1) is 5.92 Å². The lowest BCUT2D eigenvalue weighted by atomic mass is 9.88. The Balaban J connectivity index is 1.33. The Labute approximate surface area is 241 Å². The minimum absolute atomic E-state index is 0.0234. The molecule has 0 fully saturated rings. The second kappa shape index (κ2) is 12.1. The quantitative estimate of drug-likeness (QED) is 0.296. The highest BCUT2D eigenvalue weighted by molar-refractivity contribution is 7.17. The van der Waals surface area contributed by atoms with Crippen LogP contribution < -0.4 is 5.32 Å². The van der Waals surface area contributed by atoms with Crippen molar-refractivity contribution in [3.8, 4) is 0 Å². The molecule has 2 atom stereocenters. The fourth-order valence-corrected chi connectivity index (χ4v) is 6.68. The Kier molecular flexibility index (Phi) is 8.30. The van der Waals surface area contributed by atoms with Crippen molar-refractivity contribution in [1.29, 1.82) is 0 Å². The smallest absolute Gasteiger partial charge is 0.341 e. The summed E-state index contributed by atoms with van der Waals surface area (Å²) in [7, 11) is 0. The maximum atomic E-state index is 13.4. The number of carbonyl (C=O) groups is 5. The summed E-state index contributed by atoms with van der Waals surface area (Å²) in [5.41, 5.74) is 2.39. The first-order chi connectivity index (χ1) is 19.8. The molecule has 212 valence electrons. The van der Waals surface area contributed by atoms with Gasteiger partial charge in [0, 0.05) is 11.3 Å². The van der Waals surface area contributed by atoms with Crippen molar-refractivity contribution >= 4 is 46.0 Å². The first-order valence-corrected chi connectivity index (χ1v) is 14.4. The second-order valence-corrected chi connectivity index (χ2v) is 11.3. The van der Waals surface area contributed by atoms with Gasteiger partial charge >= 0.3 is 11.9 Å². The third kappa shape index (κ3) is 5.78. The Morgan fingerprint density at radius 3 is 2.32 bits per heavy atom. The summed E-state index contributed by atoms with van der Waals surface area (Å²) in [5, 5.41) is 3.09. The van der Waals surface area contributed by atoms with E-state index >= 15 is 0 Å². The number of anilines is 1. The minimum Gasteiger partial charge on any atom is -0.462 e. The second-order valence-electron chi connectivity index (χ2n) is 10.2. The number of esters is 2. The Morgan fingerprint density at radius 1 is 1.00 bits per heavy atom. The first-order valence-electron chi connectivity index (χ1n) is 13.6. The van der Waals surface area contributed by atoms with Gasteiger partial charge in [-0.1, -0.05) is 49.4 Å². The van der Waals surface area contributed by atoms with Crippen molar-refractivity contribution < 1.29 is 33.4 Å². The Hall–Kier alpha value is -4.31. The molecule has 0 bridgehead atoms. The maximum absolute atomic E-state index is 13.4. The van der Waals surface area contributed by atoms with Crippen LogP contribution in [-0.2, 0) is 38.3 Å². The van der Waals surface area contributed by atoms with E-state index in [1.54, 1.807) is 43.3 Å². The summed E-state index contributed by atoms with van der Waals surface area (Å²) in [4.78, 5) is 67.4. The molecule has 2 heterocycles. The van der Waals surface area contributed by atoms with Gasteiger partial charge in [-0.3, -0.25) is 19.3 Å². The van der Waals surface area contributed by atoms with E-state index in [1.165, 1.54) is 23.5 Å². The number of hydrogen-bond acceptors (Lipinski definition) is 8. The van der Waals surface area contributed by atoms with Crippen molar-refractivity contribution in [2.75, 3.05) is 18.5 Å². The summed E-state index contributed by atoms with van der Waals surface area (Å²) in [6.07, 6.45) is 2.48. The van der Waals surface area contributed by atoms with Crippen LogP contribution in [0.25, 0.3) is 0 Å². The highest BCUT2D eigenvalue weighted by Crippen LogP contribution is 2.40. The highest BCUT2D eigenvalue weighted by atomic mass is 32.1. The zero-order chi connectivity index (χ0) is 29.1. The van der Waals surface area contributed by atoms with Gasteiger partial charge in [-0.25, -0.2) is 9.59 Å². The van der Waals surface area contributed by atoms with Crippen LogP contribution >= 0.6 is 11.3 Å². The molecule has 1 N–H and O–H groups in total. The predicted molar refractivity (Wildman–Crippen MR) is 152 cm³/mol. The van der Waals surface area contributed by atoms with Gasteiger partial charge in [-0.2, -0.15) is 0 Å². The molecule has 0 unspecified atom stereocenters. The van der Waals surface area contributed by atoms with Crippen molar-refractivity contribution in [1.82, 2.24) is 4.90 Å². The molecule has 3 aromatic rings. The molecule has 0 saturated heterocycles. The molecule has 0 saturated carbocycles. The monoisotopic (exact) mass is 574 g/mol. The molecule has 1 aliphatic heterocycles. The van der Waals surface area contributed by atoms with E-state index in [0.717, 1.165) is 28.2 Å². The lowest BCUT2D eigenvalue weighted by molar-refractivity contribution is -0.151. The largest absolute Gasteiger partial charge is 0.462 e. The normalized spacial score (nSPS) is 16.5. The van der Waals surface area contributed by atoms with E-state index in [-0.39, 0.29) is 24.2 Å². The maximum Gasteiger partial charge on any atom is 0.341 e. The molecule has 5 rings (SSSR count). The van der Waals surface area contributed by atoms with Crippen LogP contribution in [0.15, 0.2) is 54.6 Å². The van der Waals surface area contributed by atoms with Gasteiger partial charge in [0.05, 0.1) is 23.3 Å². The van der Waals surface area contributed by atoms with Gasteiger partial charge in [0.2, 0.25) is 0 Å². The fourth-order valence-electron chi connectivity index (χ4n) is 5.26. The van der Waals surface area contributed by atoms with Crippen molar-refractivity contribution in [2.45, 2.75) is 45.6 Å². The van der Waals surface area contributed by atoms with Crippen LogP contribution in [0.5, 0.6) is 0 Å². The highest BCUT2D eigenvalue weighted by Gasteiger charge is 2.43. The molecule has 0 radical (unpaired) electrons. The van der Waals surface area contributed by atoms with Crippen molar-refractivity contribution in [3.63, 3.8) is 0 Å². The van der Waals surface area contributed by atoms with Crippen LogP contribution in [0.3, 0.4) is 0 Å². The molecule has 0 spiro atoms. The van der Waals surface area contributed by atoms with Gasteiger partial charge in [-0.15, -0.1) is 11.3 Å². The number of thiophene rings is 1. The number of amides is 3. The lowest BCUT2D eigenvalue weighted by Gasteiger charge is -2.24. The van der Waals surface area contributed by atoms with Crippen molar-refractivity contribution in [3.05, 3.63) is 87.3 Å². The number of carbonyl (C=O) groups excluding carboxylic acids is 5. The van der Waals surface area contributed by atoms with Crippen molar-refractivity contribution in [2.24, 2.45) is 5.92 Å². The van der Waals surface area contributed by atoms with E-state index in [1.807, 2.05) is 6.07 Å². The molecule has 2 aliphatic rings. The topological polar surface area (TPSA) is 119 Å². The number of benzene rings is 2. The fraction of sp³-hybridized carbons (Fsp3) is 0.323. The number of nitrogens with one attached hydrogen (secondary N) is 1. The lowest BCUT2D eigenvalue weighted by Crippen LogP contribution is -2.47. The van der Waals surface area contributed by atoms with Crippen LogP contribution in [0.2, 0.25) is 0 Å². The molecular weight excluding hydrogens is 544 g/mol. The average molecular weight is 575 g/mol. The summed E-state index contributed by atoms with van der Waals surface area (Å²) in [5.74, 6) is -2.75. The van der Waals surface area contributed by atoms with Gasteiger partial charge in [0.25, 0.3) is 17.7 Å². The van der Waals surface area contributed by atoms with E-state index in [2.05, 4.69) is 12.2 Å². The summed E-state index contributed by atoms with van der Waals surface area (Å²) >= 11 is 1.33. The summed E-state index contributed by atoms with van der Waals surface area (Å²) in [6, 6.07) is 14.0. The molecule has 10 heteroatoms. The van der Waals surface area contributed by atoms with E-state index in [0.29, 0.717) is 28.5 Å². The number of ether oxygens (including phenoxy) is 2. The molecule has 2 aromatic carbocycles. The third-order valence-corrected chi connectivity index (χ3v) is 8.44. The molecule has 9 nitrogen and oxygen atoms in total. The van der Waals surface area contributed by atoms with Gasteiger partial charge in [0.1, 0.15) is 11.0 Å². The zero-order valence-electron chi connectivity index (χ0n) is 22.8. The van der Waals surface area contributed by atoms with E-state index < -0.39 is 42.3 Å². The molecule has 41 heavy (non-hydrogen) atoms. The number of fused-ring (bicyclic) bond motifs is 2. The third-order valence-electron chi connectivity index (χ3n) is 7.27. The summed E-state index contributed by atoms with van der Waals surface area (Å²) < 4.78 is 10.6. The zero-order valence-corrected chi connectivity index (χ0v) is 23.6. The standard InChI is InChI=1S/C31H30N2O7S/c1-3-39-31(38)26-22-14-13-18(2)15-24(22)41-27(26)32-25(34)17-40-30(37)23(16-19-9-5-4-6-10-19)33-28(35)20-11-7-8-12-21(20)29(33)36/h4-12,18,23H,3,13-17H2,1-2H3,(H,32,34)/t18-,23-/m0/s1. The first kappa shape index (κ1) is 28.2. The molecular formula is C31H30N2O7S. The van der Waals surface area contributed by atoms with Gasteiger partial charge in [0.15, 0.2) is 6.61 Å². The number of imide groups is 1. The molecule has 1 aliphatic carbocycles. The average Bonchev–Trinajstić information content (AvgIpc) is 3.44. The van der Waals surface area contributed by atoms with E-state index in [4.69, 9.17) is 9.47 Å². The number of rotatable bonds is 9.